The molecule has 0 unspecified atom stereocenters. The average molecular weight is 566 g/mol. The molecule has 0 atom stereocenters. The first-order valence-corrected chi connectivity index (χ1v) is 14.5. The Hall–Kier alpha value is -2.09. The molecule has 192 valence electrons. The third kappa shape index (κ3) is 7.45. The molecule has 3 rings (SSSR count). The first kappa shape index (κ1) is 27.5. The van der Waals surface area contributed by atoms with Crippen LogP contribution in [0.2, 0.25) is 10.0 Å². The second kappa shape index (κ2) is 11.8. The lowest BCUT2D eigenvalue weighted by Crippen LogP contribution is -2.41. The second-order valence-electron chi connectivity index (χ2n) is 7.55. The maximum absolute atomic E-state index is 12.7. The third-order valence-electron chi connectivity index (χ3n) is 5.00. The number of rotatable bonds is 10. The first-order chi connectivity index (χ1) is 16.5. The lowest BCUT2D eigenvalue weighted by Gasteiger charge is -2.26. The van der Waals surface area contributed by atoms with Gasteiger partial charge in [-0.25, -0.2) is 16.8 Å². The van der Waals surface area contributed by atoms with Crippen molar-refractivity contribution in [1.29, 1.82) is 0 Å². The minimum Gasteiger partial charge on any atom is -0.492 e. The van der Waals surface area contributed by atoms with E-state index in [-0.39, 0.29) is 33.8 Å². The van der Waals surface area contributed by atoms with Crippen LogP contribution in [-0.2, 0) is 29.6 Å². The van der Waals surface area contributed by atoms with E-state index in [1.54, 1.807) is 0 Å². The Labute approximate surface area is 214 Å². The number of morpholine rings is 1. The molecule has 10 nitrogen and oxygen atoms in total. The fourth-order valence-electron chi connectivity index (χ4n) is 3.23. The van der Waals surface area contributed by atoms with Gasteiger partial charge in [-0.2, -0.15) is 4.31 Å². The Morgan fingerprint density at radius 3 is 2.31 bits per heavy atom. The van der Waals surface area contributed by atoms with Gasteiger partial charge in [0.2, 0.25) is 26.0 Å². The fraction of sp³-hybridized carbons (Fsp3) is 0.381. The number of halogens is 2. The van der Waals surface area contributed by atoms with Crippen molar-refractivity contribution in [2.45, 2.75) is 4.90 Å². The molecule has 1 aliphatic heterocycles. The molecule has 1 amide bonds. The summed E-state index contributed by atoms with van der Waals surface area (Å²) >= 11 is 11.8. The summed E-state index contributed by atoms with van der Waals surface area (Å²) in [6, 6.07) is 10.2. The van der Waals surface area contributed by atoms with Gasteiger partial charge in [0.1, 0.15) is 18.9 Å². The zero-order valence-electron chi connectivity index (χ0n) is 18.8. The number of carbonyl (C=O) groups excluding carboxylic acids is 1. The van der Waals surface area contributed by atoms with Crippen LogP contribution in [0, 0.1) is 0 Å². The number of anilines is 1. The van der Waals surface area contributed by atoms with Crippen molar-refractivity contribution in [3.05, 3.63) is 52.5 Å². The number of sulfonamides is 2. The van der Waals surface area contributed by atoms with E-state index in [2.05, 4.69) is 5.32 Å². The molecule has 1 N–H and O–H groups in total. The van der Waals surface area contributed by atoms with Crippen LogP contribution in [0.15, 0.2) is 47.4 Å². The van der Waals surface area contributed by atoms with Crippen molar-refractivity contribution in [2.24, 2.45) is 0 Å². The smallest absolute Gasteiger partial charge is 0.243 e. The van der Waals surface area contributed by atoms with Crippen LogP contribution in [0.4, 0.5) is 5.69 Å². The molecule has 14 heteroatoms. The average Bonchev–Trinajstić information content (AvgIpc) is 2.82. The van der Waals surface area contributed by atoms with Crippen molar-refractivity contribution < 1.29 is 31.1 Å². The van der Waals surface area contributed by atoms with Gasteiger partial charge in [0.15, 0.2) is 0 Å². The van der Waals surface area contributed by atoms with Crippen LogP contribution < -0.4 is 14.4 Å². The molecule has 0 spiro atoms. The topological polar surface area (TPSA) is 122 Å². The Bertz CT molecular complexity index is 1250. The molecule has 1 saturated heterocycles. The van der Waals surface area contributed by atoms with E-state index in [1.165, 1.54) is 46.8 Å². The quantitative estimate of drug-likeness (QED) is 0.437. The van der Waals surface area contributed by atoms with Crippen LogP contribution >= 0.6 is 23.2 Å². The van der Waals surface area contributed by atoms with Gasteiger partial charge in [-0.1, -0.05) is 23.2 Å². The summed E-state index contributed by atoms with van der Waals surface area (Å²) in [7, 11) is -7.36. The molecule has 0 aromatic heterocycles. The predicted octanol–water partition coefficient (Wildman–Crippen LogP) is 1.98. The van der Waals surface area contributed by atoms with E-state index < -0.39 is 32.5 Å². The number of nitrogens with zero attached hydrogens (tertiary/aromatic N) is 2. The van der Waals surface area contributed by atoms with Crippen molar-refractivity contribution in [2.75, 3.05) is 56.6 Å². The summed E-state index contributed by atoms with van der Waals surface area (Å²) in [5.74, 6) is -0.120. The lowest BCUT2D eigenvalue weighted by atomic mass is 10.3. The fourth-order valence-corrected chi connectivity index (χ4v) is 5.78. The number of carbonyl (C=O) groups is 1. The van der Waals surface area contributed by atoms with Gasteiger partial charge in [-0.3, -0.25) is 9.10 Å². The first-order valence-electron chi connectivity index (χ1n) is 10.5. The highest BCUT2D eigenvalue weighted by atomic mass is 35.5. The van der Waals surface area contributed by atoms with Crippen molar-refractivity contribution in [3.8, 4) is 5.75 Å². The molecule has 35 heavy (non-hydrogen) atoms. The Kier molecular flexibility index (Phi) is 9.24. The van der Waals surface area contributed by atoms with Gasteiger partial charge < -0.3 is 14.8 Å². The summed E-state index contributed by atoms with van der Waals surface area (Å²) in [5.41, 5.74) is 0.209. The maximum Gasteiger partial charge on any atom is 0.243 e. The van der Waals surface area contributed by atoms with Gasteiger partial charge in [-0.05, 0) is 42.5 Å². The van der Waals surface area contributed by atoms with Crippen LogP contribution in [0.3, 0.4) is 0 Å². The van der Waals surface area contributed by atoms with Crippen molar-refractivity contribution >= 4 is 54.8 Å². The number of amides is 1. The van der Waals surface area contributed by atoms with Gasteiger partial charge in [0, 0.05) is 13.1 Å². The number of ether oxygens (including phenoxy) is 2. The maximum atomic E-state index is 12.7. The normalized spacial score (nSPS) is 14.9. The van der Waals surface area contributed by atoms with E-state index in [9.17, 15) is 21.6 Å². The number of hydrogen-bond acceptors (Lipinski definition) is 7. The van der Waals surface area contributed by atoms with Crippen LogP contribution in [0.5, 0.6) is 5.75 Å². The molecule has 1 heterocycles. The van der Waals surface area contributed by atoms with E-state index in [0.717, 1.165) is 10.6 Å². The van der Waals surface area contributed by atoms with Gasteiger partial charge >= 0.3 is 0 Å². The van der Waals surface area contributed by atoms with Crippen LogP contribution in [0.1, 0.15) is 0 Å². The summed E-state index contributed by atoms with van der Waals surface area (Å²) in [6.45, 7) is 1.08. The van der Waals surface area contributed by atoms with Crippen molar-refractivity contribution in [1.82, 2.24) is 9.62 Å². The summed E-state index contributed by atoms with van der Waals surface area (Å²) in [6.07, 6.45) is 0.981. The van der Waals surface area contributed by atoms with Crippen LogP contribution in [-0.4, -0.2) is 79.3 Å². The third-order valence-corrected chi connectivity index (χ3v) is 8.80. The zero-order valence-corrected chi connectivity index (χ0v) is 22.0. The van der Waals surface area contributed by atoms with Crippen LogP contribution in [0.25, 0.3) is 0 Å². The SMILES string of the molecule is CS(=O)(=O)N(CC(=O)NCCOc1ccc(S(=O)(=O)N2CCOCC2)cc1)c1ccc(Cl)c(Cl)c1. The molecule has 0 saturated carbocycles. The largest absolute Gasteiger partial charge is 0.492 e. The standard InChI is InChI=1S/C21H25Cl2N3O7S2/c1-34(28,29)26(16-2-7-19(22)20(23)14-16)15-21(27)24-8-11-33-17-3-5-18(6-4-17)35(30,31)25-9-12-32-13-10-25/h2-7,14H,8-13,15H2,1H3,(H,24,27). The highest BCUT2D eigenvalue weighted by molar-refractivity contribution is 7.92. The highest BCUT2D eigenvalue weighted by Crippen LogP contribution is 2.28. The minimum absolute atomic E-state index is 0.0902. The van der Waals surface area contributed by atoms with Crippen molar-refractivity contribution in [3.63, 3.8) is 0 Å². The summed E-state index contributed by atoms with van der Waals surface area (Å²) < 4.78 is 62.7. The monoisotopic (exact) mass is 565 g/mol. The van der Waals surface area contributed by atoms with E-state index in [4.69, 9.17) is 32.7 Å². The molecule has 0 aliphatic carbocycles. The summed E-state index contributed by atoms with van der Waals surface area (Å²) in [5, 5.41) is 3.01. The molecule has 2 aromatic rings. The highest BCUT2D eigenvalue weighted by Gasteiger charge is 2.26. The van der Waals surface area contributed by atoms with Gasteiger partial charge in [0.05, 0.1) is 46.6 Å². The van der Waals surface area contributed by atoms with Gasteiger partial charge in [0.25, 0.3) is 0 Å². The number of benzene rings is 2. The van der Waals surface area contributed by atoms with Gasteiger partial charge in [-0.15, -0.1) is 0 Å². The molecular weight excluding hydrogens is 541 g/mol. The Morgan fingerprint density at radius 2 is 1.71 bits per heavy atom. The lowest BCUT2D eigenvalue weighted by molar-refractivity contribution is -0.119. The Balaban J connectivity index is 1.50. The summed E-state index contributed by atoms with van der Waals surface area (Å²) in [4.78, 5) is 12.5. The molecule has 0 bridgehead atoms. The number of nitrogens with one attached hydrogen (secondary N) is 1. The minimum atomic E-state index is -3.76. The predicted molar refractivity (Wildman–Crippen MR) is 133 cm³/mol. The van der Waals surface area contributed by atoms with E-state index in [1.807, 2.05) is 0 Å². The van der Waals surface area contributed by atoms with E-state index in [0.29, 0.717) is 32.1 Å². The molecule has 2 aromatic carbocycles. The molecular formula is C21H25Cl2N3O7S2. The van der Waals surface area contributed by atoms with E-state index >= 15 is 0 Å². The Morgan fingerprint density at radius 1 is 1.06 bits per heavy atom. The number of hydrogen-bond donors (Lipinski definition) is 1. The molecule has 1 aliphatic rings. The second-order valence-corrected chi connectivity index (χ2v) is 12.2. The molecule has 1 fully saturated rings. The molecule has 0 radical (unpaired) electrons. The zero-order chi connectivity index (χ0) is 25.6.